The Hall–Kier alpha value is -1.20. The molecule has 0 aliphatic heterocycles. The first kappa shape index (κ1) is 16.2. The molecular weight excluding hydrogens is 268 g/mol. The van der Waals surface area contributed by atoms with Gasteiger partial charge in [-0.2, -0.15) is 0 Å². The van der Waals surface area contributed by atoms with Gasteiger partial charge in [0.15, 0.2) is 0 Å². The molecule has 0 amide bonds. The molecule has 21 heavy (non-hydrogen) atoms. The van der Waals surface area contributed by atoms with Gasteiger partial charge in [-0.3, -0.25) is 0 Å². The molecule has 0 radical (unpaired) electrons. The van der Waals surface area contributed by atoms with Gasteiger partial charge in [-0.1, -0.05) is 36.4 Å². The first-order valence-corrected chi connectivity index (χ1v) is 7.19. The summed E-state index contributed by atoms with van der Waals surface area (Å²) in [6.07, 6.45) is 1.73. The predicted octanol–water partition coefficient (Wildman–Crippen LogP) is 2.05. The number of aliphatic hydroxyl groups excluding tert-OH is 1. The van der Waals surface area contributed by atoms with Gasteiger partial charge in [-0.05, 0) is 32.4 Å². The molecule has 1 aromatic rings. The van der Waals surface area contributed by atoms with Crippen LogP contribution in [-0.4, -0.2) is 40.2 Å². The third kappa shape index (κ3) is 4.38. The van der Waals surface area contributed by atoms with Gasteiger partial charge in [0.1, 0.15) is 17.8 Å². The van der Waals surface area contributed by atoms with Crippen molar-refractivity contribution in [3.63, 3.8) is 0 Å². The fraction of sp³-hybridized carbons (Fsp3) is 0.529. The third-order valence-corrected chi connectivity index (χ3v) is 3.33. The van der Waals surface area contributed by atoms with E-state index in [0.29, 0.717) is 6.61 Å². The highest BCUT2D eigenvalue weighted by Gasteiger charge is 2.44. The van der Waals surface area contributed by atoms with E-state index in [-0.39, 0.29) is 12.2 Å². The van der Waals surface area contributed by atoms with Crippen LogP contribution in [0.15, 0.2) is 42.5 Å². The average Bonchev–Trinajstić information content (AvgIpc) is 2.67. The maximum atomic E-state index is 10.5. The molecule has 116 valence electrons. The molecule has 1 aromatic carbocycles. The van der Waals surface area contributed by atoms with Gasteiger partial charge in [0.05, 0.1) is 18.8 Å². The van der Waals surface area contributed by atoms with Crippen LogP contribution < -0.4 is 0 Å². The van der Waals surface area contributed by atoms with Crippen molar-refractivity contribution in [3.05, 3.63) is 48.0 Å². The minimum atomic E-state index is -1.40. The van der Waals surface area contributed by atoms with Crippen molar-refractivity contribution >= 4 is 0 Å². The zero-order valence-corrected chi connectivity index (χ0v) is 12.8. The summed E-state index contributed by atoms with van der Waals surface area (Å²) in [5, 5.41) is 20.7. The van der Waals surface area contributed by atoms with E-state index in [4.69, 9.17) is 9.47 Å². The molecule has 2 N–H and O–H groups in total. The summed E-state index contributed by atoms with van der Waals surface area (Å²) < 4.78 is 11.3. The predicted molar refractivity (Wildman–Crippen MR) is 80.8 cm³/mol. The zero-order valence-electron chi connectivity index (χ0n) is 12.8. The van der Waals surface area contributed by atoms with Crippen LogP contribution >= 0.6 is 0 Å². The molecule has 0 saturated carbocycles. The van der Waals surface area contributed by atoms with E-state index in [1.165, 1.54) is 0 Å². The topological polar surface area (TPSA) is 58.9 Å². The van der Waals surface area contributed by atoms with Crippen LogP contribution in [0.1, 0.15) is 26.3 Å². The Balaban J connectivity index is 1.87. The van der Waals surface area contributed by atoms with Gasteiger partial charge in [-0.25, -0.2) is 0 Å². The number of benzene rings is 1. The molecule has 0 bridgehead atoms. The Morgan fingerprint density at radius 3 is 2.48 bits per heavy atom. The van der Waals surface area contributed by atoms with E-state index in [0.717, 1.165) is 5.56 Å². The van der Waals surface area contributed by atoms with E-state index in [1.807, 2.05) is 51.1 Å². The Labute approximate surface area is 126 Å². The second kappa shape index (κ2) is 6.28. The fourth-order valence-corrected chi connectivity index (χ4v) is 2.30. The van der Waals surface area contributed by atoms with E-state index >= 15 is 0 Å². The van der Waals surface area contributed by atoms with Crippen LogP contribution in [0, 0.1) is 0 Å². The first-order chi connectivity index (χ1) is 9.80. The molecule has 0 fully saturated rings. The standard InChI is InChI=1S/C17H24O4/c1-16(2,3)21-14-9-10-17(19,15(14)18)12-20-11-13-7-5-4-6-8-13/h4-10,14-15,18-19H,11-12H2,1-3H3. The lowest BCUT2D eigenvalue weighted by Crippen LogP contribution is -2.48. The number of aliphatic hydroxyl groups is 2. The molecule has 3 unspecified atom stereocenters. The van der Waals surface area contributed by atoms with Crippen LogP contribution in [0.2, 0.25) is 0 Å². The van der Waals surface area contributed by atoms with E-state index < -0.39 is 17.8 Å². The van der Waals surface area contributed by atoms with Crippen LogP contribution in [0.4, 0.5) is 0 Å². The summed E-state index contributed by atoms with van der Waals surface area (Å²) in [6.45, 7) is 6.17. The van der Waals surface area contributed by atoms with Crippen molar-refractivity contribution < 1.29 is 19.7 Å². The van der Waals surface area contributed by atoms with Crippen molar-refractivity contribution in [1.29, 1.82) is 0 Å². The lowest BCUT2D eigenvalue weighted by atomic mass is 10.0. The molecule has 4 nitrogen and oxygen atoms in total. The van der Waals surface area contributed by atoms with Crippen LogP contribution in [-0.2, 0) is 16.1 Å². The summed E-state index contributed by atoms with van der Waals surface area (Å²) in [4.78, 5) is 0. The SMILES string of the molecule is CC(C)(C)OC1C=CC(O)(COCc2ccccc2)C1O. The van der Waals surface area contributed by atoms with Gasteiger partial charge in [0.2, 0.25) is 0 Å². The van der Waals surface area contributed by atoms with E-state index in [1.54, 1.807) is 12.2 Å². The zero-order chi connectivity index (χ0) is 15.5. The Kier molecular flexibility index (Phi) is 4.84. The van der Waals surface area contributed by atoms with Gasteiger partial charge in [0, 0.05) is 0 Å². The monoisotopic (exact) mass is 292 g/mol. The van der Waals surface area contributed by atoms with E-state index in [9.17, 15) is 10.2 Å². The maximum Gasteiger partial charge on any atom is 0.135 e. The van der Waals surface area contributed by atoms with Gasteiger partial charge >= 0.3 is 0 Å². The van der Waals surface area contributed by atoms with Crippen molar-refractivity contribution in [2.75, 3.05) is 6.61 Å². The Bertz CT molecular complexity index is 477. The molecule has 1 aliphatic carbocycles. The van der Waals surface area contributed by atoms with Crippen molar-refractivity contribution in [2.24, 2.45) is 0 Å². The summed E-state index contributed by atoms with van der Waals surface area (Å²) in [7, 11) is 0. The van der Waals surface area contributed by atoms with Crippen molar-refractivity contribution in [1.82, 2.24) is 0 Å². The lowest BCUT2D eigenvalue weighted by Gasteiger charge is -2.31. The number of rotatable bonds is 5. The summed E-state index contributed by atoms with van der Waals surface area (Å²) in [5.41, 5.74) is -0.753. The second-order valence-corrected chi connectivity index (χ2v) is 6.47. The van der Waals surface area contributed by atoms with Gasteiger partial charge in [-0.15, -0.1) is 0 Å². The fourth-order valence-electron chi connectivity index (χ4n) is 2.30. The highest BCUT2D eigenvalue weighted by Crippen LogP contribution is 2.29. The highest BCUT2D eigenvalue weighted by molar-refractivity contribution is 5.20. The van der Waals surface area contributed by atoms with Gasteiger partial charge in [0.25, 0.3) is 0 Å². The maximum absolute atomic E-state index is 10.5. The highest BCUT2D eigenvalue weighted by atomic mass is 16.5. The molecule has 0 spiro atoms. The molecule has 2 rings (SSSR count). The number of hydrogen-bond acceptors (Lipinski definition) is 4. The molecule has 4 heteroatoms. The molecule has 0 saturated heterocycles. The molecular formula is C17H24O4. The summed E-state index contributed by atoms with van der Waals surface area (Å²) in [6, 6.07) is 9.72. The minimum Gasteiger partial charge on any atom is -0.387 e. The average molecular weight is 292 g/mol. The number of hydrogen-bond donors (Lipinski definition) is 2. The largest absolute Gasteiger partial charge is 0.387 e. The van der Waals surface area contributed by atoms with Crippen LogP contribution in [0.25, 0.3) is 0 Å². The minimum absolute atomic E-state index is 0.0313. The third-order valence-electron chi connectivity index (χ3n) is 3.33. The van der Waals surface area contributed by atoms with Crippen LogP contribution in [0.5, 0.6) is 0 Å². The molecule has 0 heterocycles. The summed E-state index contributed by atoms with van der Waals surface area (Å²) >= 11 is 0. The molecule has 0 aromatic heterocycles. The van der Waals surface area contributed by atoms with E-state index in [2.05, 4.69) is 0 Å². The smallest absolute Gasteiger partial charge is 0.135 e. The Morgan fingerprint density at radius 1 is 1.19 bits per heavy atom. The lowest BCUT2D eigenvalue weighted by molar-refractivity contribution is -0.148. The first-order valence-electron chi connectivity index (χ1n) is 7.19. The normalized spacial score (nSPS) is 29.0. The Morgan fingerprint density at radius 2 is 1.86 bits per heavy atom. The van der Waals surface area contributed by atoms with Crippen LogP contribution in [0.3, 0.4) is 0 Å². The van der Waals surface area contributed by atoms with Crippen molar-refractivity contribution in [2.45, 2.75) is 50.8 Å². The van der Waals surface area contributed by atoms with Crippen molar-refractivity contribution in [3.8, 4) is 0 Å². The summed E-state index contributed by atoms with van der Waals surface area (Å²) in [5.74, 6) is 0. The molecule has 3 atom stereocenters. The second-order valence-electron chi connectivity index (χ2n) is 6.47. The number of ether oxygens (including phenoxy) is 2. The quantitative estimate of drug-likeness (QED) is 0.816. The van der Waals surface area contributed by atoms with Gasteiger partial charge < -0.3 is 19.7 Å². The molecule has 1 aliphatic rings.